The standard InChI is InChI=1S/C16H16N4O4/c1-11(2)13-5-3-12(4-6-13)10-17-18-15-8-7-14(19(21)22)9-16(15)20(23)24/h3-11,18H,1-2H3/b17-10-. The number of nitro groups is 2. The second-order valence-corrected chi connectivity index (χ2v) is 5.41. The summed E-state index contributed by atoms with van der Waals surface area (Å²) in [5.41, 5.74) is 3.91. The molecular formula is C16H16N4O4. The number of nitrogens with zero attached hydrogens (tertiary/aromatic N) is 3. The lowest BCUT2D eigenvalue weighted by Crippen LogP contribution is -1.98. The van der Waals surface area contributed by atoms with Crippen molar-refractivity contribution in [3.05, 3.63) is 73.8 Å². The van der Waals surface area contributed by atoms with Crippen LogP contribution < -0.4 is 5.43 Å². The number of hydrogen-bond acceptors (Lipinski definition) is 6. The van der Waals surface area contributed by atoms with Crippen LogP contribution in [0.3, 0.4) is 0 Å². The molecule has 0 saturated heterocycles. The first kappa shape index (κ1) is 17.1. The molecule has 8 heteroatoms. The summed E-state index contributed by atoms with van der Waals surface area (Å²) in [6.45, 7) is 4.19. The molecule has 0 saturated carbocycles. The fraction of sp³-hybridized carbons (Fsp3) is 0.188. The maximum Gasteiger partial charge on any atom is 0.301 e. The van der Waals surface area contributed by atoms with E-state index < -0.39 is 15.5 Å². The lowest BCUT2D eigenvalue weighted by atomic mass is 10.0. The van der Waals surface area contributed by atoms with E-state index in [2.05, 4.69) is 24.4 Å². The molecule has 0 atom stereocenters. The topological polar surface area (TPSA) is 111 Å². The molecule has 0 bridgehead atoms. The molecule has 0 radical (unpaired) electrons. The highest BCUT2D eigenvalue weighted by Crippen LogP contribution is 2.28. The molecule has 0 heterocycles. The first-order valence-electron chi connectivity index (χ1n) is 7.20. The molecule has 24 heavy (non-hydrogen) atoms. The fourth-order valence-corrected chi connectivity index (χ4v) is 2.02. The van der Waals surface area contributed by atoms with Gasteiger partial charge < -0.3 is 0 Å². The predicted octanol–water partition coefficient (Wildman–Crippen LogP) is 4.07. The zero-order valence-electron chi connectivity index (χ0n) is 13.2. The highest BCUT2D eigenvalue weighted by molar-refractivity contribution is 5.80. The van der Waals surface area contributed by atoms with Crippen molar-refractivity contribution in [2.45, 2.75) is 19.8 Å². The molecule has 0 fully saturated rings. The molecular weight excluding hydrogens is 312 g/mol. The molecule has 124 valence electrons. The van der Waals surface area contributed by atoms with Gasteiger partial charge in [0.2, 0.25) is 0 Å². The number of anilines is 1. The van der Waals surface area contributed by atoms with E-state index in [9.17, 15) is 20.2 Å². The minimum Gasteiger partial charge on any atom is -0.272 e. The van der Waals surface area contributed by atoms with Crippen LogP contribution in [-0.4, -0.2) is 16.1 Å². The second-order valence-electron chi connectivity index (χ2n) is 5.41. The highest BCUT2D eigenvalue weighted by atomic mass is 16.6. The van der Waals surface area contributed by atoms with Crippen molar-refractivity contribution < 1.29 is 9.85 Å². The first-order chi connectivity index (χ1) is 11.4. The van der Waals surface area contributed by atoms with Gasteiger partial charge in [-0.05, 0) is 23.1 Å². The Hall–Kier alpha value is -3.29. The summed E-state index contributed by atoms with van der Waals surface area (Å²) >= 11 is 0. The molecule has 0 amide bonds. The van der Waals surface area contributed by atoms with E-state index in [-0.39, 0.29) is 11.4 Å². The van der Waals surface area contributed by atoms with E-state index in [4.69, 9.17) is 0 Å². The number of hydrogen-bond donors (Lipinski definition) is 1. The third kappa shape index (κ3) is 4.13. The Kier molecular flexibility index (Phi) is 5.20. The van der Waals surface area contributed by atoms with E-state index in [0.29, 0.717) is 5.92 Å². The minimum absolute atomic E-state index is 0.0839. The van der Waals surface area contributed by atoms with Crippen LogP contribution in [-0.2, 0) is 0 Å². The number of non-ortho nitro benzene ring substituents is 1. The first-order valence-corrected chi connectivity index (χ1v) is 7.20. The van der Waals surface area contributed by atoms with E-state index in [1.807, 2.05) is 24.3 Å². The van der Waals surface area contributed by atoms with Gasteiger partial charge in [0.1, 0.15) is 5.69 Å². The SMILES string of the molecule is CC(C)c1ccc(/C=N\Nc2ccc([N+](=O)[O-])cc2[N+](=O)[O-])cc1. The van der Waals surface area contributed by atoms with E-state index in [1.165, 1.54) is 23.9 Å². The van der Waals surface area contributed by atoms with Gasteiger partial charge in [-0.1, -0.05) is 38.1 Å². The summed E-state index contributed by atoms with van der Waals surface area (Å²) in [7, 11) is 0. The van der Waals surface area contributed by atoms with Crippen LogP contribution in [0.25, 0.3) is 0 Å². The molecule has 0 spiro atoms. The summed E-state index contributed by atoms with van der Waals surface area (Å²) < 4.78 is 0. The van der Waals surface area contributed by atoms with Crippen LogP contribution in [0, 0.1) is 20.2 Å². The number of hydrazone groups is 1. The largest absolute Gasteiger partial charge is 0.301 e. The fourth-order valence-electron chi connectivity index (χ4n) is 2.02. The lowest BCUT2D eigenvalue weighted by Gasteiger charge is -2.05. The van der Waals surface area contributed by atoms with Crippen molar-refractivity contribution >= 4 is 23.3 Å². The number of rotatable bonds is 6. The molecule has 2 aromatic rings. The molecule has 0 aromatic heterocycles. The summed E-state index contributed by atoms with van der Waals surface area (Å²) in [4.78, 5) is 20.3. The maximum absolute atomic E-state index is 11.0. The van der Waals surface area contributed by atoms with Crippen LogP contribution >= 0.6 is 0 Å². The van der Waals surface area contributed by atoms with Crippen molar-refractivity contribution in [1.82, 2.24) is 0 Å². The maximum atomic E-state index is 11.0. The lowest BCUT2D eigenvalue weighted by molar-refractivity contribution is -0.393. The monoisotopic (exact) mass is 328 g/mol. The molecule has 0 aliphatic rings. The normalized spacial score (nSPS) is 11.0. The van der Waals surface area contributed by atoms with Gasteiger partial charge in [-0.2, -0.15) is 5.10 Å². The van der Waals surface area contributed by atoms with Crippen molar-refractivity contribution in [3.63, 3.8) is 0 Å². The number of benzene rings is 2. The predicted molar refractivity (Wildman–Crippen MR) is 91.5 cm³/mol. The van der Waals surface area contributed by atoms with Gasteiger partial charge in [-0.15, -0.1) is 0 Å². The third-order valence-corrected chi connectivity index (χ3v) is 3.39. The minimum atomic E-state index is -0.692. The molecule has 0 aliphatic carbocycles. The van der Waals surface area contributed by atoms with Gasteiger partial charge in [0.15, 0.2) is 0 Å². The van der Waals surface area contributed by atoms with Crippen LogP contribution in [0.1, 0.15) is 30.9 Å². The van der Waals surface area contributed by atoms with Crippen LogP contribution in [0.4, 0.5) is 17.1 Å². The average Bonchev–Trinajstić information content (AvgIpc) is 2.55. The molecule has 0 aliphatic heterocycles. The van der Waals surface area contributed by atoms with Gasteiger partial charge in [0.25, 0.3) is 5.69 Å². The Morgan fingerprint density at radius 3 is 2.25 bits per heavy atom. The van der Waals surface area contributed by atoms with Crippen LogP contribution in [0.2, 0.25) is 0 Å². The second kappa shape index (κ2) is 7.32. The summed E-state index contributed by atoms with van der Waals surface area (Å²) in [6, 6.07) is 11.1. The zero-order chi connectivity index (χ0) is 17.7. The number of nitro benzene ring substituents is 2. The molecule has 0 unspecified atom stereocenters. The van der Waals surface area contributed by atoms with E-state index >= 15 is 0 Å². The average molecular weight is 328 g/mol. The number of nitrogens with one attached hydrogen (secondary N) is 1. The van der Waals surface area contributed by atoms with Gasteiger partial charge in [-0.3, -0.25) is 25.7 Å². The third-order valence-electron chi connectivity index (χ3n) is 3.39. The smallest absolute Gasteiger partial charge is 0.272 e. The van der Waals surface area contributed by atoms with Gasteiger partial charge in [-0.25, -0.2) is 0 Å². The van der Waals surface area contributed by atoms with E-state index in [1.54, 1.807) is 0 Å². The van der Waals surface area contributed by atoms with Crippen LogP contribution in [0.15, 0.2) is 47.6 Å². The molecule has 8 nitrogen and oxygen atoms in total. The molecule has 1 N–H and O–H groups in total. The van der Waals surface area contributed by atoms with Crippen LogP contribution in [0.5, 0.6) is 0 Å². The van der Waals surface area contributed by atoms with E-state index in [0.717, 1.165) is 11.6 Å². The summed E-state index contributed by atoms with van der Waals surface area (Å²) in [5, 5.41) is 25.7. The Morgan fingerprint density at radius 1 is 1.04 bits per heavy atom. The van der Waals surface area contributed by atoms with Crippen molar-refractivity contribution in [3.8, 4) is 0 Å². The molecule has 2 aromatic carbocycles. The summed E-state index contributed by atoms with van der Waals surface area (Å²) in [6.07, 6.45) is 1.52. The van der Waals surface area contributed by atoms with Gasteiger partial charge in [0, 0.05) is 6.07 Å². The Bertz CT molecular complexity index is 785. The highest BCUT2D eigenvalue weighted by Gasteiger charge is 2.18. The van der Waals surface area contributed by atoms with Gasteiger partial charge in [0.05, 0.1) is 22.1 Å². The van der Waals surface area contributed by atoms with Crippen molar-refractivity contribution in [1.29, 1.82) is 0 Å². The summed E-state index contributed by atoms with van der Waals surface area (Å²) in [5.74, 6) is 0.428. The quantitative estimate of drug-likeness (QED) is 0.488. The van der Waals surface area contributed by atoms with Crippen molar-refractivity contribution in [2.75, 3.05) is 5.43 Å². The Morgan fingerprint density at radius 2 is 1.71 bits per heavy atom. The van der Waals surface area contributed by atoms with Crippen molar-refractivity contribution in [2.24, 2.45) is 5.10 Å². The van der Waals surface area contributed by atoms with Gasteiger partial charge >= 0.3 is 5.69 Å². The Balaban J connectivity index is 2.16. The Labute approximate surface area is 138 Å². The molecule has 2 rings (SSSR count). The zero-order valence-corrected chi connectivity index (χ0v) is 13.2.